The third-order valence-electron chi connectivity index (χ3n) is 4.19. The van der Waals surface area contributed by atoms with Gasteiger partial charge in [0, 0.05) is 18.3 Å². The Hall–Kier alpha value is -0.830. The molecule has 1 atom stereocenters. The van der Waals surface area contributed by atoms with Gasteiger partial charge in [0.2, 0.25) is 0 Å². The first kappa shape index (κ1) is 13.6. The number of hydrogen-bond donors (Lipinski definition) is 1. The van der Waals surface area contributed by atoms with Crippen LogP contribution in [0.5, 0.6) is 0 Å². The molecule has 1 N–H and O–H groups in total. The molecule has 102 valence electrons. The Kier molecular flexibility index (Phi) is 4.81. The highest BCUT2D eigenvalue weighted by molar-refractivity contribution is 5.08. The third kappa shape index (κ3) is 3.14. The van der Waals surface area contributed by atoms with Crippen molar-refractivity contribution >= 4 is 0 Å². The van der Waals surface area contributed by atoms with Crippen LogP contribution in [0.15, 0.2) is 12.3 Å². The molecule has 1 heterocycles. The van der Waals surface area contributed by atoms with E-state index >= 15 is 0 Å². The molecule has 3 nitrogen and oxygen atoms in total. The zero-order valence-corrected chi connectivity index (χ0v) is 12.0. The topological polar surface area (TPSA) is 29.9 Å². The minimum Gasteiger partial charge on any atom is -0.312 e. The van der Waals surface area contributed by atoms with Crippen LogP contribution in [0.25, 0.3) is 0 Å². The Morgan fingerprint density at radius 3 is 2.67 bits per heavy atom. The van der Waals surface area contributed by atoms with E-state index in [2.05, 4.69) is 42.1 Å². The number of aromatic nitrogens is 2. The van der Waals surface area contributed by atoms with Crippen LogP contribution < -0.4 is 5.32 Å². The van der Waals surface area contributed by atoms with E-state index in [0.717, 1.165) is 5.92 Å². The van der Waals surface area contributed by atoms with Gasteiger partial charge in [0.15, 0.2) is 0 Å². The van der Waals surface area contributed by atoms with E-state index in [1.165, 1.54) is 44.2 Å². The Balaban J connectivity index is 2.05. The summed E-state index contributed by atoms with van der Waals surface area (Å²) in [6.45, 7) is 4.40. The van der Waals surface area contributed by atoms with Gasteiger partial charge in [0.25, 0.3) is 0 Å². The van der Waals surface area contributed by atoms with E-state index < -0.39 is 0 Å². The fourth-order valence-corrected chi connectivity index (χ4v) is 3.17. The molecular formula is C15H27N3. The van der Waals surface area contributed by atoms with Crippen molar-refractivity contribution in [3.05, 3.63) is 18.0 Å². The summed E-state index contributed by atoms with van der Waals surface area (Å²) >= 11 is 0. The van der Waals surface area contributed by atoms with Crippen LogP contribution in [0.1, 0.15) is 70.2 Å². The molecule has 1 aliphatic carbocycles. The van der Waals surface area contributed by atoms with E-state index in [4.69, 9.17) is 0 Å². The molecule has 0 bridgehead atoms. The SMILES string of the molecule is CNC(CC1CCCCC1)c1ccnn1C(C)C. The van der Waals surface area contributed by atoms with Gasteiger partial charge in [-0.3, -0.25) is 4.68 Å². The molecule has 0 spiro atoms. The average molecular weight is 249 g/mol. The Morgan fingerprint density at radius 1 is 1.33 bits per heavy atom. The van der Waals surface area contributed by atoms with Gasteiger partial charge >= 0.3 is 0 Å². The van der Waals surface area contributed by atoms with E-state index in [9.17, 15) is 0 Å². The van der Waals surface area contributed by atoms with Crippen molar-refractivity contribution in [3.63, 3.8) is 0 Å². The molecule has 3 heteroatoms. The molecule has 0 aromatic carbocycles. The molecule has 0 saturated heterocycles. The summed E-state index contributed by atoms with van der Waals surface area (Å²) in [4.78, 5) is 0. The summed E-state index contributed by atoms with van der Waals surface area (Å²) in [5.74, 6) is 0.895. The highest BCUT2D eigenvalue weighted by atomic mass is 15.3. The lowest BCUT2D eigenvalue weighted by atomic mass is 9.84. The zero-order chi connectivity index (χ0) is 13.0. The fraction of sp³-hybridized carbons (Fsp3) is 0.800. The predicted molar refractivity (Wildman–Crippen MR) is 75.6 cm³/mol. The maximum absolute atomic E-state index is 4.45. The molecule has 1 fully saturated rings. The normalized spacial score (nSPS) is 19.3. The van der Waals surface area contributed by atoms with Crippen molar-refractivity contribution in [1.82, 2.24) is 15.1 Å². The Morgan fingerprint density at radius 2 is 2.06 bits per heavy atom. The first-order valence-electron chi connectivity index (χ1n) is 7.43. The molecule has 0 aliphatic heterocycles. The minimum absolute atomic E-state index is 0.442. The van der Waals surface area contributed by atoms with Gasteiger partial charge in [0.05, 0.1) is 5.69 Å². The summed E-state index contributed by atoms with van der Waals surface area (Å²) < 4.78 is 2.16. The summed E-state index contributed by atoms with van der Waals surface area (Å²) in [6.07, 6.45) is 10.3. The maximum atomic E-state index is 4.45. The number of nitrogens with one attached hydrogen (secondary N) is 1. The average Bonchev–Trinajstić information content (AvgIpc) is 2.86. The van der Waals surface area contributed by atoms with Crippen LogP contribution in [-0.2, 0) is 0 Å². The summed E-state index contributed by atoms with van der Waals surface area (Å²) in [7, 11) is 2.07. The van der Waals surface area contributed by atoms with Crippen LogP contribution >= 0.6 is 0 Å². The van der Waals surface area contributed by atoms with E-state index in [1.54, 1.807) is 0 Å². The minimum atomic E-state index is 0.442. The smallest absolute Gasteiger partial charge is 0.0556 e. The third-order valence-corrected chi connectivity index (χ3v) is 4.19. The van der Waals surface area contributed by atoms with E-state index in [-0.39, 0.29) is 0 Å². The Bertz CT molecular complexity index is 350. The van der Waals surface area contributed by atoms with Crippen molar-refractivity contribution in [2.75, 3.05) is 7.05 Å². The largest absolute Gasteiger partial charge is 0.312 e. The standard InChI is InChI=1S/C15H27N3/c1-12(2)18-15(9-10-17-18)14(16-3)11-13-7-5-4-6-8-13/h9-10,12-14,16H,4-8,11H2,1-3H3. The van der Waals surface area contributed by atoms with Gasteiger partial charge < -0.3 is 5.32 Å². The van der Waals surface area contributed by atoms with E-state index in [1.807, 2.05) is 6.20 Å². The molecule has 0 radical (unpaired) electrons. The van der Waals surface area contributed by atoms with Gasteiger partial charge in [-0.15, -0.1) is 0 Å². The van der Waals surface area contributed by atoms with Crippen molar-refractivity contribution in [1.29, 1.82) is 0 Å². The lowest BCUT2D eigenvalue weighted by molar-refractivity contribution is 0.297. The first-order valence-corrected chi connectivity index (χ1v) is 7.43. The highest BCUT2D eigenvalue weighted by Crippen LogP contribution is 2.32. The Labute approximate surface area is 111 Å². The molecule has 2 rings (SSSR count). The summed E-state index contributed by atoms with van der Waals surface area (Å²) in [5.41, 5.74) is 1.35. The summed E-state index contributed by atoms with van der Waals surface area (Å²) in [6, 6.07) is 3.07. The van der Waals surface area contributed by atoms with Crippen LogP contribution in [0.2, 0.25) is 0 Å². The second-order valence-corrected chi connectivity index (χ2v) is 5.88. The fourth-order valence-electron chi connectivity index (χ4n) is 3.17. The van der Waals surface area contributed by atoms with Crippen LogP contribution in [0.4, 0.5) is 0 Å². The zero-order valence-electron chi connectivity index (χ0n) is 12.0. The van der Waals surface area contributed by atoms with Gasteiger partial charge in [0.1, 0.15) is 0 Å². The van der Waals surface area contributed by atoms with Gasteiger partial charge in [-0.2, -0.15) is 5.10 Å². The van der Waals surface area contributed by atoms with Gasteiger partial charge in [-0.1, -0.05) is 32.1 Å². The quantitative estimate of drug-likeness (QED) is 0.862. The molecule has 1 aromatic heterocycles. The van der Waals surface area contributed by atoms with Gasteiger partial charge in [-0.05, 0) is 39.3 Å². The molecule has 18 heavy (non-hydrogen) atoms. The lowest BCUT2D eigenvalue weighted by Gasteiger charge is -2.27. The predicted octanol–water partition coefficient (Wildman–Crippen LogP) is 3.69. The molecule has 1 unspecified atom stereocenters. The number of nitrogens with zero attached hydrogens (tertiary/aromatic N) is 2. The monoisotopic (exact) mass is 249 g/mol. The lowest BCUT2D eigenvalue weighted by Crippen LogP contribution is -2.24. The molecule has 1 aliphatic rings. The second kappa shape index (κ2) is 6.37. The van der Waals surface area contributed by atoms with Crippen LogP contribution in [0, 0.1) is 5.92 Å². The second-order valence-electron chi connectivity index (χ2n) is 5.88. The van der Waals surface area contributed by atoms with E-state index in [0.29, 0.717) is 12.1 Å². The number of rotatable bonds is 5. The molecule has 1 saturated carbocycles. The van der Waals surface area contributed by atoms with Crippen LogP contribution in [-0.4, -0.2) is 16.8 Å². The number of hydrogen-bond acceptors (Lipinski definition) is 2. The van der Waals surface area contributed by atoms with Crippen molar-refractivity contribution in [2.24, 2.45) is 5.92 Å². The molecule has 0 amide bonds. The van der Waals surface area contributed by atoms with Crippen molar-refractivity contribution < 1.29 is 0 Å². The highest BCUT2D eigenvalue weighted by Gasteiger charge is 2.22. The maximum Gasteiger partial charge on any atom is 0.0556 e. The molecular weight excluding hydrogens is 222 g/mol. The van der Waals surface area contributed by atoms with Crippen molar-refractivity contribution in [2.45, 2.75) is 64.5 Å². The molecule has 1 aromatic rings. The van der Waals surface area contributed by atoms with Gasteiger partial charge in [-0.25, -0.2) is 0 Å². The van der Waals surface area contributed by atoms with Crippen LogP contribution in [0.3, 0.4) is 0 Å². The van der Waals surface area contributed by atoms with Crippen molar-refractivity contribution in [3.8, 4) is 0 Å². The summed E-state index contributed by atoms with van der Waals surface area (Å²) in [5, 5.41) is 7.94. The first-order chi connectivity index (χ1) is 8.72.